The second-order valence-electron chi connectivity index (χ2n) is 6.46. The Hall–Kier alpha value is -1.60. The highest BCUT2D eigenvalue weighted by atomic mass is 16.6. The molecule has 1 heterocycles. The summed E-state index contributed by atoms with van der Waals surface area (Å²) in [5, 5.41) is 10.3. The number of aromatic nitrogens is 2. The van der Waals surface area contributed by atoms with Gasteiger partial charge in [0.2, 0.25) is 0 Å². The van der Waals surface area contributed by atoms with Crippen LogP contribution in [0.25, 0.3) is 0 Å². The van der Waals surface area contributed by atoms with Gasteiger partial charge in [-0.2, -0.15) is 5.10 Å². The molecule has 0 aliphatic carbocycles. The average molecular weight is 312 g/mol. The average Bonchev–Trinajstić information content (AvgIpc) is 2.69. The van der Waals surface area contributed by atoms with E-state index in [1.165, 1.54) is 0 Å². The summed E-state index contributed by atoms with van der Waals surface area (Å²) in [5.74, 6) is 1.06. The Balaban J connectivity index is 2.58. The van der Waals surface area contributed by atoms with E-state index in [2.05, 4.69) is 22.7 Å². The lowest BCUT2D eigenvalue weighted by molar-refractivity contribution is 0.0634. The molecule has 0 fully saturated rings. The van der Waals surface area contributed by atoms with Gasteiger partial charge >= 0.3 is 6.09 Å². The molecular formula is C15H28N4O3. The Kier molecular flexibility index (Phi) is 6.83. The molecule has 0 saturated heterocycles. The van der Waals surface area contributed by atoms with Crippen LogP contribution in [0.1, 0.15) is 33.3 Å². The first-order valence-electron chi connectivity index (χ1n) is 7.43. The molecule has 1 rings (SSSR count). The van der Waals surface area contributed by atoms with E-state index in [4.69, 9.17) is 9.47 Å². The third kappa shape index (κ3) is 6.44. The molecule has 0 aromatic carbocycles. The van der Waals surface area contributed by atoms with Crippen molar-refractivity contribution in [1.82, 2.24) is 15.1 Å². The SMILES string of the molecule is COCC(C)CNCc1cnn(C)c1NC(=O)OC(C)(C)C. The van der Waals surface area contributed by atoms with E-state index in [9.17, 15) is 4.79 Å². The molecule has 2 N–H and O–H groups in total. The smallest absolute Gasteiger partial charge is 0.413 e. The van der Waals surface area contributed by atoms with E-state index in [-0.39, 0.29) is 0 Å². The van der Waals surface area contributed by atoms with Crippen LogP contribution < -0.4 is 10.6 Å². The molecular weight excluding hydrogens is 284 g/mol. The van der Waals surface area contributed by atoms with E-state index < -0.39 is 11.7 Å². The second kappa shape index (κ2) is 8.14. The number of hydrogen-bond acceptors (Lipinski definition) is 5. The minimum absolute atomic E-state index is 0.420. The molecule has 126 valence electrons. The zero-order valence-electron chi connectivity index (χ0n) is 14.4. The predicted molar refractivity (Wildman–Crippen MR) is 85.8 cm³/mol. The monoisotopic (exact) mass is 312 g/mol. The summed E-state index contributed by atoms with van der Waals surface area (Å²) in [7, 11) is 3.48. The molecule has 0 radical (unpaired) electrons. The Labute approximate surface area is 132 Å². The normalized spacial score (nSPS) is 13.0. The number of carbonyl (C=O) groups excluding carboxylic acids is 1. The standard InChI is InChI=1S/C15H28N4O3/c1-11(10-21-6)7-16-8-12-9-17-19(5)13(12)18-14(20)22-15(2,3)4/h9,11,16H,7-8,10H2,1-6H3,(H,18,20). The molecule has 7 heteroatoms. The number of hydrogen-bond donors (Lipinski definition) is 2. The third-order valence-corrected chi connectivity index (χ3v) is 2.89. The Morgan fingerprint density at radius 3 is 2.73 bits per heavy atom. The van der Waals surface area contributed by atoms with Gasteiger partial charge in [0.25, 0.3) is 0 Å². The molecule has 1 unspecified atom stereocenters. The van der Waals surface area contributed by atoms with Crippen molar-refractivity contribution in [3.8, 4) is 0 Å². The summed E-state index contributed by atoms with van der Waals surface area (Å²) in [4.78, 5) is 11.9. The van der Waals surface area contributed by atoms with E-state index in [1.54, 1.807) is 25.0 Å². The number of nitrogens with zero attached hydrogens (tertiary/aromatic N) is 2. The quantitative estimate of drug-likeness (QED) is 0.806. The van der Waals surface area contributed by atoms with E-state index in [1.807, 2.05) is 20.8 Å². The number of carbonyl (C=O) groups is 1. The van der Waals surface area contributed by atoms with Crippen LogP contribution in [0.15, 0.2) is 6.20 Å². The van der Waals surface area contributed by atoms with Gasteiger partial charge in [-0.3, -0.25) is 10.00 Å². The Bertz CT molecular complexity index is 480. The van der Waals surface area contributed by atoms with Gasteiger partial charge in [-0.1, -0.05) is 6.92 Å². The van der Waals surface area contributed by atoms with Crippen molar-refractivity contribution in [1.29, 1.82) is 0 Å². The fourth-order valence-corrected chi connectivity index (χ4v) is 1.97. The molecule has 1 aromatic rings. The van der Waals surface area contributed by atoms with Crippen LogP contribution >= 0.6 is 0 Å². The highest BCUT2D eigenvalue weighted by Gasteiger charge is 2.19. The number of rotatable bonds is 7. The lowest BCUT2D eigenvalue weighted by Crippen LogP contribution is -2.28. The van der Waals surface area contributed by atoms with Gasteiger partial charge in [0.05, 0.1) is 6.20 Å². The van der Waals surface area contributed by atoms with Crippen LogP contribution in [0.3, 0.4) is 0 Å². The largest absolute Gasteiger partial charge is 0.444 e. The maximum absolute atomic E-state index is 11.9. The number of methoxy groups -OCH3 is 1. The molecule has 1 aromatic heterocycles. The van der Waals surface area contributed by atoms with Crippen molar-refractivity contribution in [2.75, 3.05) is 25.6 Å². The van der Waals surface area contributed by atoms with Gasteiger partial charge in [0.15, 0.2) is 0 Å². The first-order chi connectivity index (χ1) is 10.2. The van der Waals surface area contributed by atoms with Gasteiger partial charge in [0, 0.05) is 39.4 Å². The van der Waals surface area contributed by atoms with Crippen LogP contribution in [0.4, 0.5) is 10.6 Å². The van der Waals surface area contributed by atoms with Gasteiger partial charge in [0.1, 0.15) is 11.4 Å². The summed E-state index contributed by atoms with van der Waals surface area (Å²) in [5.41, 5.74) is 0.384. The zero-order chi connectivity index (χ0) is 16.8. The lowest BCUT2D eigenvalue weighted by atomic mass is 10.2. The summed E-state index contributed by atoms with van der Waals surface area (Å²) in [6, 6.07) is 0. The fraction of sp³-hybridized carbons (Fsp3) is 0.733. The van der Waals surface area contributed by atoms with Gasteiger partial charge in [-0.05, 0) is 26.7 Å². The second-order valence-corrected chi connectivity index (χ2v) is 6.46. The van der Waals surface area contributed by atoms with E-state index >= 15 is 0 Å². The van der Waals surface area contributed by atoms with Gasteiger partial charge in [-0.15, -0.1) is 0 Å². The van der Waals surface area contributed by atoms with Crippen LogP contribution in [0, 0.1) is 5.92 Å². The molecule has 0 spiro atoms. The van der Waals surface area contributed by atoms with Crippen molar-refractivity contribution >= 4 is 11.9 Å². The van der Waals surface area contributed by atoms with Gasteiger partial charge in [-0.25, -0.2) is 4.79 Å². The minimum atomic E-state index is -0.531. The highest BCUT2D eigenvalue weighted by Crippen LogP contribution is 2.16. The van der Waals surface area contributed by atoms with Crippen LogP contribution in [-0.4, -0.2) is 41.7 Å². The van der Waals surface area contributed by atoms with Crippen LogP contribution in [0.2, 0.25) is 0 Å². The predicted octanol–water partition coefficient (Wildman–Crippen LogP) is 2.14. The summed E-state index contributed by atoms with van der Waals surface area (Å²) in [6.07, 6.45) is 1.26. The number of aryl methyl sites for hydroxylation is 1. The van der Waals surface area contributed by atoms with Crippen molar-refractivity contribution in [3.63, 3.8) is 0 Å². The number of ether oxygens (including phenoxy) is 2. The van der Waals surface area contributed by atoms with Crippen molar-refractivity contribution in [3.05, 3.63) is 11.8 Å². The summed E-state index contributed by atoms with van der Waals surface area (Å²) >= 11 is 0. The minimum Gasteiger partial charge on any atom is -0.444 e. The molecule has 0 bridgehead atoms. The molecule has 0 aliphatic rings. The number of anilines is 1. The molecule has 0 aliphatic heterocycles. The molecule has 0 saturated carbocycles. The lowest BCUT2D eigenvalue weighted by Gasteiger charge is -2.20. The first kappa shape index (κ1) is 18.4. The fourth-order valence-electron chi connectivity index (χ4n) is 1.97. The molecule has 1 amide bonds. The van der Waals surface area contributed by atoms with Crippen LogP contribution in [-0.2, 0) is 23.1 Å². The highest BCUT2D eigenvalue weighted by molar-refractivity contribution is 5.84. The topological polar surface area (TPSA) is 77.4 Å². The number of nitrogens with one attached hydrogen (secondary N) is 2. The maximum Gasteiger partial charge on any atom is 0.413 e. The first-order valence-corrected chi connectivity index (χ1v) is 7.43. The third-order valence-electron chi connectivity index (χ3n) is 2.89. The number of amides is 1. The molecule has 7 nitrogen and oxygen atoms in total. The molecule has 22 heavy (non-hydrogen) atoms. The van der Waals surface area contributed by atoms with Gasteiger partial charge < -0.3 is 14.8 Å². The zero-order valence-corrected chi connectivity index (χ0v) is 14.4. The summed E-state index contributed by atoms with van der Waals surface area (Å²) in [6.45, 7) is 9.75. The summed E-state index contributed by atoms with van der Waals surface area (Å²) < 4.78 is 12.0. The Morgan fingerprint density at radius 2 is 2.14 bits per heavy atom. The maximum atomic E-state index is 11.9. The van der Waals surface area contributed by atoms with Crippen molar-refractivity contribution < 1.29 is 14.3 Å². The Morgan fingerprint density at radius 1 is 1.45 bits per heavy atom. The van der Waals surface area contributed by atoms with Crippen molar-refractivity contribution in [2.24, 2.45) is 13.0 Å². The van der Waals surface area contributed by atoms with E-state index in [0.29, 0.717) is 24.9 Å². The van der Waals surface area contributed by atoms with Crippen molar-refractivity contribution in [2.45, 2.75) is 39.8 Å². The van der Waals surface area contributed by atoms with Crippen LogP contribution in [0.5, 0.6) is 0 Å². The van der Waals surface area contributed by atoms with E-state index in [0.717, 1.165) is 12.1 Å². The molecule has 1 atom stereocenters.